The number of oxime groups is 1. The van der Waals surface area contributed by atoms with Crippen molar-refractivity contribution in [2.45, 2.75) is 12.6 Å². The summed E-state index contributed by atoms with van der Waals surface area (Å²) in [6.45, 7) is 0.464. The van der Waals surface area contributed by atoms with E-state index >= 15 is 4.39 Å². The molecule has 1 aliphatic rings. The molecule has 0 fully saturated rings. The normalized spacial score (nSPS) is 13.3. The number of nitrogens with two attached hydrogens (primary N) is 1. The van der Waals surface area contributed by atoms with E-state index in [4.69, 9.17) is 25.2 Å². The molecule has 0 radical (unpaired) electrons. The molecule has 0 spiro atoms. The number of hydrogen-bond donors (Lipinski definition) is 5. The van der Waals surface area contributed by atoms with Crippen LogP contribution in [0.15, 0.2) is 76.9 Å². The number of hydrogen-bond acceptors (Lipinski definition) is 10. The molecule has 5 aromatic rings. The zero-order chi connectivity index (χ0) is 32.4. The third-order valence-electron chi connectivity index (χ3n) is 7.20. The van der Waals surface area contributed by atoms with Crippen LogP contribution in [0.1, 0.15) is 39.0 Å². The fraction of sp³-hybridized carbons (Fsp3) is 0.167. The predicted molar refractivity (Wildman–Crippen MR) is 161 cm³/mol. The molecule has 0 aliphatic carbocycles. The number of fused-ring (bicyclic) bond motifs is 1. The number of carboxylic acid groups (broad SMARTS) is 1. The summed E-state index contributed by atoms with van der Waals surface area (Å²) in [4.78, 5) is 32.5. The minimum atomic E-state index is -1.33. The average Bonchev–Trinajstić information content (AvgIpc) is 3.67. The third kappa shape index (κ3) is 5.54. The lowest BCUT2D eigenvalue weighted by atomic mass is 10.0. The Labute approximate surface area is 259 Å². The highest BCUT2D eigenvalue weighted by Gasteiger charge is 2.32. The molecule has 0 saturated heterocycles. The van der Waals surface area contributed by atoms with Gasteiger partial charge in [-0.25, -0.2) is 19.0 Å². The van der Waals surface area contributed by atoms with Gasteiger partial charge in [0.2, 0.25) is 11.5 Å². The Bertz CT molecular complexity index is 1990. The zero-order valence-corrected chi connectivity index (χ0v) is 24.2. The van der Waals surface area contributed by atoms with Crippen molar-refractivity contribution in [2.75, 3.05) is 25.6 Å². The lowest BCUT2D eigenvalue weighted by Gasteiger charge is -2.25. The van der Waals surface area contributed by atoms with E-state index in [0.29, 0.717) is 11.3 Å². The molecule has 0 bridgehead atoms. The molecule has 6 N–H and O–H groups in total. The summed E-state index contributed by atoms with van der Waals surface area (Å²) < 4.78 is 35.0. The average molecular weight is 631 g/mol. The van der Waals surface area contributed by atoms with Gasteiger partial charge in [-0.05, 0) is 35.9 Å². The van der Waals surface area contributed by atoms with E-state index in [-0.39, 0.29) is 65.7 Å². The molecule has 0 amide bonds. The van der Waals surface area contributed by atoms with Gasteiger partial charge in [0.1, 0.15) is 19.3 Å². The van der Waals surface area contributed by atoms with Gasteiger partial charge in [0.05, 0.1) is 13.4 Å². The first-order chi connectivity index (χ1) is 22.3. The smallest absolute Gasteiger partial charge is 0.356 e. The second-order valence-electron chi connectivity index (χ2n) is 10.0. The summed E-state index contributed by atoms with van der Waals surface area (Å²) in [6.07, 6.45) is 1.30. The first-order valence-corrected chi connectivity index (χ1v) is 13.8. The van der Waals surface area contributed by atoms with E-state index < -0.39 is 23.5 Å². The summed E-state index contributed by atoms with van der Waals surface area (Å²) in [6, 6.07) is 15.6. The quantitative estimate of drug-likeness (QED) is 0.0657. The SMILES string of the molecule is COc1cc(C(Nc2ccc(/C(N)=N/O)cc2)c2nn(-c3ncn(Cc4ccccc4)c3C(=O)O)c(=O)[nH]2)c(F)c2c1OCCO2. The number of aromatic amines is 1. The van der Waals surface area contributed by atoms with E-state index in [2.05, 4.69) is 25.5 Å². The summed E-state index contributed by atoms with van der Waals surface area (Å²) >= 11 is 0. The maximum Gasteiger partial charge on any atom is 0.356 e. The highest BCUT2D eigenvalue weighted by Crippen LogP contribution is 2.45. The molecule has 15 nitrogen and oxygen atoms in total. The maximum atomic E-state index is 16.2. The Morgan fingerprint density at radius 1 is 1.17 bits per heavy atom. The molecule has 46 heavy (non-hydrogen) atoms. The lowest BCUT2D eigenvalue weighted by molar-refractivity contribution is 0.0685. The Morgan fingerprint density at radius 3 is 2.57 bits per heavy atom. The van der Waals surface area contributed by atoms with Crippen molar-refractivity contribution in [3.05, 3.63) is 112 Å². The van der Waals surface area contributed by atoms with Crippen LogP contribution in [0.3, 0.4) is 0 Å². The number of benzene rings is 3. The summed E-state index contributed by atoms with van der Waals surface area (Å²) in [5, 5.41) is 29.6. The number of carbonyl (C=O) groups is 1. The number of aromatic carboxylic acids is 1. The molecule has 16 heteroatoms. The van der Waals surface area contributed by atoms with Gasteiger partial charge in [0.25, 0.3) is 0 Å². The van der Waals surface area contributed by atoms with Crippen LogP contribution < -0.4 is 31.0 Å². The number of aromatic nitrogens is 5. The molecule has 3 heterocycles. The van der Waals surface area contributed by atoms with Crippen molar-refractivity contribution in [2.24, 2.45) is 10.9 Å². The van der Waals surface area contributed by atoms with Crippen molar-refractivity contribution < 1.29 is 33.7 Å². The van der Waals surface area contributed by atoms with Crippen LogP contribution in [-0.4, -0.2) is 66.8 Å². The van der Waals surface area contributed by atoms with Gasteiger partial charge in [-0.1, -0.05) is 35.5 Å². The number of halogens is 1. The third-order valence-corrected chi connectivity index (χ3v) is 7.20. The number of anilines is 1. The maximum absolute atomic E-state index is 16.2. The number of H-pyrrole nitrogens is 1. The second kappa shape index (κ2) is 12.4. The minimum Gasteiger partial charge on any atom is -0.493 e. The molecule has 1 aliphatic heterocycles. The summed E-state index contributed by atoms with van der Waals surface area (Å²) in [7, 11) is 1.39. The van der Waals surface area contributed by atoms with Crippen LogP contribution in [0.2, 0.25) is 0 Å². The molecule has 1 atom stereocenters. The van der Waals surface area contributed by atoms with Gasteiger partial charge in [-0.2, -0.15) is 4.68 Å². The standard InChI is InChI=1S/C30H27FN8O7/c1-44-20-13-19(21(31)25-24(20)45-11-12-46-25)22(34-18-9-7-17(8-10-18)26(32)37-43)27-35-30(42)39(36-27)28-23(29(40)41)38(15-33-28)14-16-5-3-2-4-6-16/h2-10,13,15,22,34,43H,11-12,14H2,1H3,(H2,32,37)(H,40,41)(H,35,36,42). The van der Waals surface area contributed by atoms with Crippen molar-refractivity contribution >= 4 is 17.5 Å². The van der Waals surface area contributed by atoms with Crippen molar-refractivity contribution in [1.82, 2.24) is 24.3 Å². The molecule has 0 saturated carbocycles. The lowest BCUT2D eigenvalue weighted by Crippen LogP contribution is -2.21. The number of imidazole rings is 1. The molecular weight excluding hydrogens is 603 g/mol. The number of carboxylic acids is 1. The number of rotatable bonds is 10. The molecule has 2 aromatic heterocycles. The van der Waals surface area contributed by atoms with E-state index in [1.54, 1.807) is 24.3 Å². The van der Waals surface area contributed by atoms with Crippen molar-refractivity contribution in [3.8, 4) is 23.1 Å². The molecule has 236 valence electrons. The Kier molecular flexibility index (Phi) is 7.99. The largest absolute Gasteiger partial charge is 0.493 e. The van der Waals surface area contributed by atoms with Gasteiger partial charge in [0.15, 0.2) is 34.7 Å². The summed E-state index contributed by atoms with van der Waals surface area (Å²) in [5.41, 5.74) is 6.22. The van der Waals surface area contributed by atoms with Gasteiger partial charge in [0, 0.05) is 23.4 Å². The van der Waals surface area contributed by atoms with Gasteiger partial charge >= 0.3 is 11.7 Å². The number of nitrogens with one attached hydrogen (secondary N) is 2. The Balaban J connectivity index is 1.46. The fourth-order valence-corrected chi connectivity index (χ4v) is 5.04. The van der Waals surface area contributed by atoms with Gasteiger partial charge in [-0.15, -0.1) is 5.10 Å². The van der Waals surface area contributed by atoms with Crippen LogP contribution in [0.25, 0.3) is 5.82 Å². The zero-order valence-electron chi connectivity index (χ0n) is 24.2. The fourth-order valence-electron chi connectivity index (χ4n) is 5.04. The number of ether oxygens (including phenoxy) is 3. The monoisotopic (exact) mass is 630 g/mol. The predicted octanol–water partition coefficient (Wildman–Crippen LogP) is 2.72. The van der Waals surface area contributed by atoms with Crippen molar-refractivity contribution in [1.29, 1.82) is 0 Å². The number of amidine groups is 1. The van der Waals surface area contributed by atoms with Gasteiger partial charge < -0.3 is 40.1 Å². The van der Waals surface area contributed by atoms with Crippen LogP contribution >= 0.6 is 0 Å². The highest BCUT2D eigenvalue weighted by molar-refractivity contribution is 5.97. The Morgan fingerprint density at radius 2 is 1.89 bits per heavy atom. The first kappa shape index (κ1) is 29.7. The number of nitrogens with zero attached hydrogens (tertiary/aromatic N) is 5. The van der Waals surface area contributed by atoms with Crippen LogP contribution in [0.4, 0.5) is 10.1 Å². The van der Waals surface area contributed by atoms with Gasteiger partial charge in [-0.3, -0.25) is 4.98 Å². The van der Waals surface area contributed by atoms with Crippen LogP contribution in [0, 0.1) is 5.82 Å². The minimum absolute atomic E-state index is 0.0319. The van der Waals surface area contributed by atoms with E-state index in [1.165, 1.54) is 24.1 Å². The van der Waals surface area contributed by atoms with E-state index in [1.807, 2.05) is 30.3 Å². The molecular formula is C30H27FN8O7. The van der Waals surface area contributed by atoms with E-state index in [9.17, 15) is 14.7 Å². The van der Waals surface area contributed by atoms with E-state index in [0.717, 1.165) is 10.2 Å². The molecule has 3 aromatic carbocycles. The first-order valence-electron chi connectivity index (χ1n) is 13.8. The highest BCUT2D eigenvalue weighted by atomic mass is 19.1. The molecule has 1 unspecified atom stereocenters. The number of methoxy groups -OCH3 is 1. The van der Waals surface area contributed by atoms with Crippen molar-refractivity contribution in [3.63, 3.8) is 0 Å². The van der Waals surface area contributed by atoms with Crippen LogP contribution in [0.5, 0.6) is 17.2 Å². The summed E-state index contributed by atoms with van der Waals surface area (Å²) in [5.74, 6) is -2.48. The van der Waals surface area contributed by atoms with Crippen LogP contribution in [-0.2, 0) is 6.54 Å². The Hall–Kier alpha value is -6.32. The molecule has 6 rings (SSSR count). The second-order valence-corrected chi connectivity index (χ2v) is 10.0. The topological polar surface area (TPSA) is 204 Å².